The number of alkyl halides is 3. The fourth-order valence-electron chi connectivity index (χ4n) is 3.40. The zero-order valence-corrected chi connectivity index (χ0v) is 18.5. The average molecular weight is 490 g/mol. The lowest BCUT2D eigenvalue weighted by atomic mass is 10.1. The first-order valence-electron chi connectivity index (χ1n) is 9.61. The van der Waals surface area contributed by atoms with Gasteiger partial charge in [0.2, 0.25) is 5.91 Å². The summed E-state index contributed by atoms with van der Waals surface area (Å²) in [5.41, 5.74) is -0.872. The first-order valence-corrected chi connectivity index (χ1v) is 10.4. The molecule has 1 aliphatic rings. The van der Waals surface area contributed by atoms with Crippen LogP contribution in [0.3, 0.4) is 0 Å². The maximum absolute atomic E-state index is 13.1. The van der Waals surface area contributed by atoms with Crippen LogP contribution in [-0.2, 0) is 11.0 Å². The van der Waals surface area contributed by atoms with E-state index in [-0.39, 0.29) is 33.9 Å². The van der Waals surface area contributed by atoms with Crippen molar-refractivity contribution in [1.29, 1.82) is 0 Å². The SMILES string of the molecule is COc1c(Cl)cc(C(=O)N2CCN(CC(=O)Nc3ccccc3C(F)(F)F)CC2)cc1Cl. The number of nitrogens with zero attached hydrogens (tertiary/aromatic N) is 2. The molecule has 1 aliphatic heterocycles. The summed E-state index contributed by atoms with van der Waals surface area (Å²) in [5, 5.41) is 2.77. The third kappa shape index (κ3) is 5.65. The van der Waals surface area contributed by atoms with Gasteiger partial charge in [0, 0.05) is 31.7 Å². The molecule has 2 aromatic rings. The number of halogens is 5. The van der Waals surface area contributed by atoms with Gasteiger partial charge in [0.05, 0.1) is 35.0 Å². The minimum Gasteiger partial charge on any atom is -0.494 e. The Labute approximate surface area is 192 Å². The third-order valence-electron chi connectivity index (χ3n) is 4.98. The number of hydrogen-bond donors (Lipinski definition) is 1. The number of hydrogen-bond acceptors (Lipinski definition) is 4. The Kier molecular flexibility index (Phi) is 7.53. The Morgan fingerprint density at radius 1 is 1.06 bits per heavy atom. The van der Waals surface area contributed by atoms with Crippen LogP contribution in [0.1, 0.15) is 15.9 Å². The summed E-state index contributed by atoms with van der Waals surface area (Å²) < 4.78 is 44.3. The number of benzene rings is 2. The molecular formula is C21H20Cl2F3N3O3. The molecule has 2 amide bonds. The zero-order chi connectivity index (χ0) is 23.5. The van der Waals surface area contributed by atoms with Crippen molar-refractivity contribution in [2.75, 3.05) is 45.2 Å². The van der Waals surface area contributed by atoms with Crippen LogP contribution in [0.2, 0.25) is 10.0 Å². The summed E-state index contributed by atoms with van der Waals surface area (Å²) in [6.07, 6.45) is -4.57. The van der Waals surface area contributed by atoms with Crippen LogP contribution in [0.15, 0.2) is 36.4 Å². The molecule has 0 saturated carbocycles. The molecule has 0 atom stereocenters. The molecule has 1 fully saturated rings. The summed E-state index contributed by atoms with van der Waals surface area (Å²) >= 11 is 12.2. The van der Waals surface area contributed by atoms with Gasteiger partial charge in [0.1, 0.15) is 0 Å². The molecule has 0 spiro atoms. The van der Waals surface area contributed by atoms with Crippen molar-refractivity contribution in [3.05, 3.63) is 57.6 Å². The number of carbonyl (C=O) groups excluding carboxylic acids is 2. The van der Waals surface area contributed by atoms with Gasteiger partial charge in [-0.2, -0.15) is 13.2 Å². The second-order valence-corrected chi connectivity index (χ2v) is 7.95. The van der Waals surface area contributed by atoms with Gasteiger partial charge in [-0.05, 0) is 24.3 Å². The number of para-hydroxylation sites is 1. The molecule has 1 heterocycles. The first kappa shape index (κ1) is 24.2. The fraction of sp³-hybridized carbons (Fsp3) is 0.333. The lowest BCUT2D eigenvalue weighted by Gasteiger charge is -2.34. The number of carbonyl (C=O) groups is 2. The molecule has 1 saturated heterocycles. The number of nitrogens with one attached hydrogen (secondary N) is 1. The van der Waals surface area contributed by atoms with Crippen molar-refractivity contribution >= 4 is 40.7 Å². The van der Waals surface area contributed by atoms with Crippen LogP contribution in [0.5, 0.6) is 5.75 Å². The quantitative estimate of drug-likeness (QED) is 0.675. The zero-order valence-electron chi connectivity index (χ0n) is 17.0. The number of piperazine rings is 1. The van der Waals surface area contributed by atoms with Gasteiger partial charge in [-0.1, -0.05) is 35.3 Å². The molecule has 6 nitrogen and oxygen atoms in total. The minimum absolute atomic E-state index is 0.0889. The van der Waals surface area contributed by atoms with E-state index in [0.29, 0.717) is 31.7 Å². The average Bonchev–Trinajstić information content (AvgIpc) is 2.73. The summed E-state index contributed by atoms with van der Waals surface area (Å²) in [6.45, 7) is 1.36. The van der Waals surface area contributed by atoms with Crippen molar-refractivity contribution in [2.45, 2.75) is 6.18 Å². The number of methoxy groups -OCH3 is 1. The van der Waals surface area contributed by atoms with Crippen molar-refractivity contribution in [1.82, 2.24) is 9.80 Å². The molecule has 172 valence electrons. The molecule has 0 radical (unpaired) electrons. The number of anilines is 1. The van der Waals surface area contributed by atoms with Crippen molar-refractivity contribution in [3.8, 4) is 5.75 Å². The lowest BCUT2D eigenvalue weighted by molar-refractivity contribution is -0.137. The highest BCUT2D eigenvalue weighted by Gasteiger charge is 2.33. The van der Waals surface area contributed by atoms with Crippen LogP contribution in [0.4, 0.5) is 18.9 Å². The van der Waals surface area contributed by atoms with Crippen LogP contribution < -0.4 is 10.1 Å². The molecular weight excluding hydrogens is 470 g/mol. The smallest absolute Gasteiger partial charge is 0.418 e. The highest BCUT2D eigenvalue weighted by atomic mass is 35.5. The van der Waals surface area contributed by atoms with E-state index in [2.05, 4.69) is 5.32 Å². The maximum atomic E-state index is 13.1. The van der Waals surface area contributed by atoms with E-state index in [1.807, 2.05) is 0 Å². The molecule has 0 unspecified atom stereocenters. The van der Waals surface area contributed by atoms with Gasteiger partial charge in [-0.15, -0.1) is 0 Å². The van der Waals surface area contributed by atoms with Crippen LogP contribution >= 0.6 is 23.2 Å². The van der Waals surface area contributed by atoms with E-state index in [1.54, 1.807) is 9.80 Å². The van der Waals surface area contributed by atoms with E-state index in [1.165, 1.54) is 37.4 Å². The number of amides is 2. The normalized spacial score (nSPS) is 14.9. The Morgan fingerprint density at radius 3 is 2.22 bits per heavy atom. The van der Waals surface area contributed by atoms with Gasteiger partial charge < -0.3 is 15.0 Å². The Hall–Kier alpha value is -2.49. The minimum atomic E-state index is -4.57. The Balaban J connectivity index is 1.56. The van der Waals surface area contributed by atoms with Crippen LogP contribution in [-0.4, -0.2) is 61.4 Å². The molecule has 3 rings (SSSR count). The summed E-state index contributed by atoms with van der Waals surface area (Å²) in [5.74, 6) is -0.539. The standard InChI is InChI=1S/C21H20Cl2F3N3O3/c1-32-19-15(22)10-13(11-16(19)23)20(31)29-8-6-28(7-9-29)12-18(30)27-17-5-3-2-4-14(17)21(24,25)26/h2-5,10-11H,6-9,12H2,1H3,(H,27,30). The maximum Gasteiger partial charge on any atom is 0.418 e. The van der Waals surface area contributed by atoms with Crippen molar-refractivity contribution in [2.24, 2.45) is 0 Å². The van der Waals surface area contributed by atoms with Crippen LogP contribution in [0.25, 0.3) is 0 Å². The topological polar surface area (TPSA) is 61.9 Å². The van der Waals surface area contributed by atoms with E-state index < -0.39 is 17.6 Å². The highest BCUT2D eigenvalue weighted by molar-refractivity contribution is 6.37. The highest BCUT2D eigenvalue weighted by Crippen LogP contribution is 2.35. The third-order valence-corrected chi connectivity index (χ3v) is 5.54. The molecule has 32 heavy (non-hydrogen) atoms. The summed E-state index contributed by atoms with van der Waals surface area (Å²) in [6, 6.07) is 7.77. The number of rotatable bonds is 5. The fourth-order valence-corrected chi connectivity index (χ4v) is 4.04. The van der Waals surface area contributed by atoms with E-state index in [4.69, 9.17) is 27.9 Å². The van der Waals surface area contributed by atoms with Crippen molar-refractivity contribution in [3.63, 3.8) is 0 Å². The molecule has 0 aliphatic carbocycles. The number of ether oxygens (including phenoxy) is 1. The molecule has 11 heteroatoms. The monoisotopic (exact) mass is 489 g/mol. The second-order valence-electron chi connectivity index (χ2n) is 7.13. The van der Waals surface area contributed by atoms with Gasteiger partial charge in [0.15, 0.2) is 5.75 Å². The van der Waals surface area contributed by atoms with E-state index in [9.17, 15) is 22.8 Å². The lowest BCUT2D eigenvalue weighted by Crippen LogP contribution is -2.50. The van der Waals surface area contributed by atoms with E-state index in [0.717, 1.165) is 6.07 Å². The van der Waals surface area contributed by atoms with Crippen LogP contribution in [0, 0.1) is 0 Å². The molecule has 0 aromatic heterocycles. The van der Waals surface area contributed by atoms with Gasteiger partial charge in [-0.25, -0.2) is 0 Å². The Bertz CT molecular complexity index is 986. The van der Waals surface area contributed by atoms with Crippen molar-refractivity contribution < 1.29 is 27.5 Å². The molecule has 1 N–H and O–H groups in total. The predicted octanol–water partition coefficient (Wildman–Crippen LogP) is 4.42. The second kappa shape index (κ2) is 9.97. The van der Waals surface area contributed by atoms with E-state index >= 15 is 0 Å². The van der Waals surface area contributed by atoms with Gasteiger partial charge in [0.25, 0.3) is 5.91 Å². The molecule has 2 aromatic carbocycles. The Morgan fingerprint density at radius 2 is 1.66 bits per heavy atom. The molecule has 0 bridgehead atoms. The largest absolute Gasteiger partial charge is 0.494 e. The first-order chi connectivity index (χ1) is 15.1. The van der Waals surface area contributed by atoms with Gasteiger partial charge >= 0.3 is 6.18 Å². The summed E-state index contributed by atoms with van der Waals surface area (Å²) in [7, 11) is 1.42. The summed E-state index contributed by atoms with van der Waals surface area (Å²) in [4.78, 5) is 28.4. The predicted molar refractivity (Wildman–Crippen MR) is 115 cm³/mol. The van der Waals surface area contributed by atoms with Gasteiger partial charge in [-0.3, -0.25) is 14.5 Å².